The molecule has 2 saturated heterocycles. The third-order valence-corrected chi connectivity index (χ3v) is 10.6. The molecule has 1 amide bonds. The van der Waals surface area contributed by atoms with Crippen LogP contribution in [0.25, 0.3) is 22.2 Å². The first-order valence-corrected chi connectivity index (χ1v) is 19.0. The lowest BCUT2D eigenvalue weighted by Gasteiger charge is -2.37. The number of methoxy groups -OCH3 is 2. The van der Waals surface area contributed by atoms with Gasteiger partial charge in [0.15, 0.2) is 0 Å². The molecule has 4 heterocycles. The van der Waals surface area contributed by atoms with Gasteiger partial charge < -0.3 is 34.0 Å². The zero-order chi connectivity index (χ0) is 41.0. The van der Waals surface area contributed by atoms with E-state index >= 15 is 0 Å². The Morgan fingerprint density at radius 1 is 0.879 bits per heavy atom. The standard InChI is InChI=1S/C41H42ClF4N7O5/c1-56-29-7-3-26(4-8-29)24-53(25-27-5-9-30(57-2)10-6-27)36-12-11-33(41(44,45)46)37(48-36)31-20-35-32(19-34(31)42)38(51-13-15-52(16-14-51)40(54)55)49-39(47-35)58-18-17-50-22-28(21-43)23-50/h3-12,19-20,28H,13-18,21-25H2,1-2H3,(H,54,55). The van der Waals surface area contributed by atoms with Gasteiger partial charge >= 0.3 is 18.3 Å². The number of anilines is 2. The summed E-state index contributed by atoms with van der Waals surface area (Å²) in [5.41, 5.74) is 0.640. The fraction of sp³-hybridized carbons (Fsp3) is 0.366. The van der Waals surface area contributed by atoms with Crippen LogP contribution in [-0.2, 0) is 19.3 Å². The van der Waals surface area contributed by atoms with Crippen molar-refractivity contribution in [1.29, 1.82) is 0 Å². The first kappa shape index (κ1) is 40.6. The molecule has 0 unspecified atom stereocenters. The summed E-state index contributed by atoms with van der Waals surface area (Å²) in [4.78, 5) is 32.7. The molecule has 2 aliphatic rings. The molecule has 5 aromatic rings. The summed E-state index contributed by atoms with van der Waals surface area (Å²) in [6.45, 7) is 3.18. The number of piperazine rings is 1. The third-order valence-electron chi connectivity index (χ3n) is 10.3. The number of hydrogen-bond donors (Lipinski definition) is 1. The Labute approximate surface area is 337 Å². The van der Waals surface area contributed by atoms with E-state index in [-0.39, 0.29) is 65.9 Å². The van der Waals surface area contributed by atoms with E-state index in [1.807, 2.05) is 63.2 Å². The molecule has 58 heavy (non-hydrogen) atoms. The minimum absolute atomic E-state index is 0.00123. The largest absolute Gasteiger partial charge is 0.497 e. The van der Waals surface area contributed by atoms with Crippen LogP contribution in [0.5, 0.6) is 17.5 Å². The first-order chi connectivity index (χ1) is 27.9. The number of pyridine rings is 1. The lowest BCUT2D eigenvalue weighted by atomic mass is 10.0. The van der Waals surface area contributed by atoms with Crippen LogP contribution in [0.15, 0.2) is 72.8 Å². The average molecular weight is 824 g/mol. The van der Waals surface area contributed by atoms with Crippen LogP contribution in [-0.4, -0.2) is 109 Å². The maximum atomic E-state index is 14.9. The molecule has 306 valence electrons. The zero-order valence-corrected chi connectivity index (χ0v) is 32.6. The first-order valence-electron chi connectivity index (χ1n) is 18.7. The highest BCUT2D eigenvalue weighted by Crippen LogP contribution is 2.42. The van der Waals surface area contributed by atoms with E-state index in [2.05, 4.69) is 15.0 Å². The maximum absolute atomic E-state index is 14.9. The van der Waals surface area contributed by atoms with Gasteiger partial charge in [-0.15, -0.1) is 0 Å². The van der Waals surface area contributed by atoms with Crippen molar-refractivity contribution in [1.82, 2.24) is 24.8 Å². The Morgan fingerprint density at radius 2 is 1.50 bits per heavy atom. The second kappa shape index (κ2) is 17.5. The van der Waals surface area contributed by atoms with Crippen LogP contribution in [0.1, 0.15) is 16.7 Å². The Hall–Kier alpha value is -5.61. The summed E-state index contributed by atoms with van der Waals surface area (Å²) in [5.74, 6) is 2.01. The predicted octanol–water partition coefficient (Wildman–Crippen LogP) is 7.67. The monoisotopic (exact) mass is 823 g/mol. The Morgan fingerprint density at radius 3 is 2.05 bits per heavy atom. The van der Waals surface area contributed by atoms with Gasteiger partial charge in [0, 0.05) is 75.8 Å². The molecule has 0 saturated carbocycles. The number of benzene rings is 3. The lowest BCUT2D eigenvalue weighted by Crippen LogP contribution is -2.49. The van der Waals surface area contributed by atoms with Crippen molar-refractivity contribution in [3.63, 3.8) is 0 Å². The number of amides is 1. The molecule has 2 aromatic heterocycles. The number of rotatable bonds is 14. The highest BCUT2D eigenvalue weighted by molar-refractivity contribution is 6.34. The highest BCUT2D eigenvalue weighted by Gasteiger charge is 2.36. The van der Waals surface area contributed by atoms with Gasteiger partial charge in [-0.3, -0.25) is 9.29 Å². The number of likely N-dealkylation sites (tertiary alicyclic amines) is 1. The summed E-state index contributed by atoms with van der Waals surface area (Å²) < 4.78 is 74.2. The SMILES string of the molecule is COc1ccc(CN(Cc2ccc(OC)cc2)c2ccc(C(F)(F)F)c(-c3cc4nc(OCCN5CC(CF)C5)nc(N5CCN(C(=O)O)CC5)c4cc3Cl)n2)cc1. The Balaban J connectivity index is 1.29. The predicted molar refractivity (Wildman–Crippen MR) is 212 cm³/mol. The molecule has 17 heteroatoms. The molecule has 0 radical (unpaired) electrons. The van der Waals surface area contributed by atoms with E-state index in [4.69, 9.17) is 25.8 Å². The normalized spacial score (nSPS) is 15.0. The number of carbonyl (C=O) groups is 1. The molecule has 0 spiro atoms. The van der Waals surface area contributed by atoms with Crippen LogP contribution in [0.2, 0.25) is 5.02 Å². The molecular formula is C41H42ClF4N7O5. The zero-order valence-electron chi connectivity index (χ0n) is 31.9. The molecule has 0 bridgehead atoms. The number of aromatic nitrogens is 3. The van der Waals surface area contributed by atoms with E-state index < -0.39 is 17.8 Å². The quantitative estimate of drug-likeness (QED) is 0.111. The van der Waals surface area contributed by atoms with Crippen LogP contribution < -0.4 is 24.0 Å². The average Bonchev–Trinajstić information content (AvgIpc) is 3.21. The van der Waals surface area contributed by atoms with Crippen LogP contribution in [0.4, 0.5) is 34.0 Å². The molecule has 2 fully saturated rings. The van der Waals surface area contributed by atoms with E-state index in [1.54, 1.807) is 14.2 Å². The number of halogens is 5. The number of ether oxygens (including phenoxy) is 3. The van der Waals surface area contributed by atoms with Crippen LogP contribution in [0.3, 0.4) is 0 Å². The van der Waals surface area contributed by atoms with Crippen LogP contribution in [0, 0.1) is 5.92 Å². The van der Waals surface area contributed by atoms with E-state index in [0.717, 1.165) is 17.2 Å². The van der Waals surface area contributed by atoms with Crippen molar-refractivity contribution in [2.24, 2.45) is 5.92 Å². The topological polar surface area (TPSA) is 117 Å². The Kier molecular flexibility index (Phi) is 12.2. The molecule has 12 nitrogen and oxygen atoms in total. The fourth-order valence-corrected chi connectivity index (χ4v) is 7.36. The molecule has 1 N–H and O–H groups in total. The second-order valence-corrected chi connectivity index (χ2v) is 14.6. The van der Waals surface area contributed by atoms with Crippen LogP contribution >= 0.6 is 11.6 Å². The second-order valence-electron chi connectivity index (χ2n) is 14.2. The summed E-state index contributed by atoms with van der Waals surface area (Å²) in [6, 6.07) is 20.1. The lowest BCUT2D eigenvalue weighted by molar-refractivity contribution is -0.137. The van der Waals surface area contributed by atoms with Gasteiger partial charge in [0.25, 0.3) is 0 Å². The van der Waals surface area contributed by atoms with Crippen molar-refractivity contribution in [2.75, 3.05) is 83.1 Å². The van der Waals surface area contributed by atoms with Gasteiger partial charge in [-0.05, 0) is 59.7 Å². The molecule has 3 aromatic carbocycles. The number of nitrogens with zero attached hydrogens (tertiary/aromatic N) is 7. The van der Waals surface area contributed by atoms with Gasteiger partial charge in [0.2, 0.25) is 0 Å². The minimum Gasteiger partial charge on any atom is -0.497 e. The summed E-state index contributed by atoms with van der Waals surface area (Å²) in [7, 11) is 3.14. The van der Waals surface area contributed by atoms with Gasteiger partial charge in [-0.1, -0.05) is 35.9 Å². The van der Waals surface area contributed by atoms with Crippen molar-refractivity contribution < 1.29 is 41.7 Å². The maximum Gasteiger partial charge on any atom is 0.418 e. The summed E-state index contributed by atoms with van der Waals surface area (Å²) >= 11 is 6.92. The number of carboxylic acid groups (broad SMARTS) is 1. The molecule has 7 rings (SSSR count). The van der Waals surface area contributed by atoms with Gasteiger partial charge in [0.1, 0.15) is 29.7 Å². The van der Waals surface area contributed by atoms with Gasteiger partial charge in [0.05, 0.1) is 42.7 Å². The van der Waals surface area contributed by atoms with Crippen molar-refractivity contribution in [2.45, 2.75) is 19.3 Å². The molecule has 0 atom stereocenters. The van der Waals surface area contributed by atoms with E-state index in [0.29, 0.717) is 68.5 Å². The van der Waals surface area contributed by atoms with Crippen molar-refractivity contribution >= 4 is 40.2 Å². The number of hydrogen-bond acceptors (Lipinski definition) is 10. The summed E-state index contributed by atoms with van der Waals surface area (Å²) in [6.07, 6.45) is -5.82. The molecule has 0 aliphatic carbocycles. The molecular weight excluding hydrogens is 782 g/mol. The number of alkyl halides is 4. The third kappa shape index (κ3) is 9.23. The van der Waals surface area contributed by atoms with E-state index in [9.17, 15) is 27.5 Å². The highest BCUT2D eigenvalue weighted by atomic mass is 35.5. The number of fused-ring (bicyclic) bond motifs is 1. The Bertz CT molecular complexity index is 2170. The minimum atomic E-state index is -4.79. The van der Waals surface area contributed by atoms with Crippen molar-refractivity contribution in [3.05, 3.63) is 94.5 Å². The van der Waals surface area contributed by atoms with E-state index in [1.165, 1.54) is 23.1 Å². The van der Waals surface area contributed by atoms with Gasteiger partial charge in [-0.2, -0.15) is 23.1 Å². The van der Waals surface area contributed by atoms with Gasteiger partial charge in [-0.25, -0.2) is 9.78 Å². The molecule has 2 aliphatic heterocycles. The fourth-order valence-electron chi connectivity index (χ4n) is 7.11. The van der Waals surface area contributed by atoms with Crippen molar-refractivity contribution in [3.8, 4) is 28.8 Å². The summed E-state index contributed by atoms with van der Waals surface area (Å²) in [5, 5.41) is 9.96. The smallest absolute Gasteiger partial charge is 0.418 e.